The van der Waals surface area contributed by atoms with E-state index >= 15 is 0 Å². The van der Waals surface area contributed by atoms with Crippen LogP contribution in [0.1, 0.15) is 27.0 Å². The van der Waals surface area contributed by atoms with Crippen LogP contribution in [-0.4, -0.2) is 20.5 Å². The third kappa shape index (κ3) is 3.92. The van der Waals surface area contributed by atoms with E-state index in [1.165, 1.54) is 0 Å². The quantitative estimate of drug-likeness (QED) is 0.883. The Morgan fingerprint density at radius 1 is 1.00 bits per heavy atom. The molecule has 0 fully saturated rings. The summed E-state index contributed by atoms with van der Waals surface area (Å²) >= 11 is 0. The zero-order chi connectivity index (χ0) is 15.6. The number of hydrogen-bond acceptors (Lipinski definition) is 3. The van der Waals surface area contributed by atoms with Crippen LogP contribution in [0.3, 0.4) is 0 Å². The van der Waals surface area contributed by atoms with Gasteiger partial charge < -0.3 is 0 Å². The van der Waals surface area contributed by atoms with Gasteiger partial charge >= 0.3 is 0 Å². The number of aryl methyl sites for hydroxylation is 2. The zero-order valence-corrected chi connectivity index (χ0v) is 13.0. The van der Waals surface area contributed by atoms with Crippen LogP contribution in [0.2, 0.25) is 0 Å². The Labute approximate surface area is 124 Å². The van der Waals surface area contributed by atoms with Crippen molar-refractivity contribution in [2.75, 3.05) is 11.0 Å². The molecule has 4 nitrogen and oxygen atoms in total. The van der Waals surface area contributed by atoms with Crippen LogP contribution in [0, 0.1) is 13.8 Å². The Kier molecular flexibility index (Phi) is 4.14. The molecule has 0 amide bonds. The first kappa shape index (κ1) is 15.3. The molecule has 0 unspecified atom stereocenters. The summed E-state index contributed by atoms with van der Waals surface area (Å²) in [6.07, 6.45) is 1.09. The Hall–Kier alpha value is -2.14. The molecule has 0 spiro atoms. The lowest BCUT2D eigenvalue weighted by atomic mass is 9.97. The van der Waals surface area contributed by atoms with Crippen LogP contribution in [0.15, 0.2) is 42.5 Å². The van der Waals surface area contributed by atoms with Crippen molar-refractivity contribution < 1.29 is 13.2 Å². The minimum atomic E-state index is -3.31. The molecule has 0 aliphatic carbocycles. The molecule has 21 heavy (non-hydrogen) atoms. The van der Waals surface area contributed by atoms with E-state index in [9.17, 15) is 13.2 Å². The first-order valence-corrected chi connectivity index (χ1v) is 8.35. The number of benzene rings is 2. The van der Waals surface area contributed by atoms with Gasteiger partial charge in [-0.1, -0.05) is 17.7 Å². The number of carbonyl (C=O) groups is 1. The third-order valence-corrected chi connectivity index (χ3v) is 3.69. The zero-order valence-electron chi connectivity index (χ0n) is 12.2. The Balaban J connectivity index is 2.30. The first-order chi connectivity index (χ1) is 9.76. The van der Waals surface area contributed by atoms with Gasteiger partial charge in [-0.2, -0.15) is 0 Å². The molecule has 0 saturated carbocycles. The van der Waals surface area contributed by atoms with E-state index in [-0.39, 0.29) is 5.78 Å². The Morgan fingerprint density at radius 3 is 2.19 bits per heavy atom. The van der Waals surface area contributed by atoms with E-state index in [1.54, 1.807) is 24.3 Å². The number of nitrogens with one attached hydrogen (secondary N) is 1. The highest BCUT2D eigenvalue weighted by molar-refractivity contribution is 7.92. The van der Waals surface area contributed by atoms with E-state index in [4.69, 9.17) is 0 Å². The van der Waals surface area contributed by atoms with Crippen molar-refractivity contribution in [1.82, 2.24) is 0 Å². The van der Waals surface area contributed by atoms with Crippen molar-refractivity contribution in [3.8, 4) is 0 Å². The standard InChI is InChI=1S/C16H17NO3S/c1-11-4-5-12(2)15(10-11)16(18)13-6-8-14(9-7-13)17-21(3,19)20/h4-10,17H,1-3H3. The SMILES string of the molecule is Cc1ccc(C)c(C(=O)c2ccc(NS(C)(=O)=O)cc2)c1. The van der Waals surface area contributed by atoms with Crippen molar-refractivity contribution in [2.24, 2.45) is 0 Å². The van der Waals surface area contributed by atoms with E-state index in [0.717, 1.165) is 17.4 Å². The van der Waals surface area contributed by atoms with Gasteiger partial charge in [-0.05, 0) is 49.7 Å². The summed E-state index contributed by atoms with van der Waals surface area (Å²) in [4.78, 5) is 12.5. The van der Waals surface area contributed by atoms with Crippen molar-refractivity contribution >= 4 is 21.5 Å². The first-order valence-electron chi connectivity index (χ1n) is 6.46. The van der Waals surface area contributed by atoms with Gasteiger partial charge in [0, 0.05) is 16.8 Å². The topological polar surface area (TPSA) is 63.2 Å². The molecule has 0 aliphatic rings. The van der Waals surface area contributed by atoms with Crippen LogP contribution in [0.4, 0.5) is 5.69 Å². The monoisotopic (exact) mass is 303 g/mol. The molecule has 1 N–H and O–H groups in total. The maximum absolute atomic E-state index is 12.5. The molecule has 0 atom stereocenters. The van der Waals surface area contributed by atoms with Gasteiger partial charge in [0.2, 0.25) is 10.0 Å². The largest absolute Gasteiger partial charge is 0.289 e. The number of anilines is 1. The normalized spacial score (nSPS) is 11.2. The lowest BCUT2D eigenvalue weighted by Crippen LogP contribution is -2.10. The molecule has 0 bridgehead atoms. The highest BCUT2D eigenvalue weighted by Gasteiger charge is 2.12. The van der Waals surface area contributed by atoms with Gasteiger partial charge in [0.05, 0.1) is 6.26 Å². The van der Waals surface area contributed by atoms with Crippen LogP contribution in [-0.2, 0) is 10.0 Å². The van der Waals surface area contributed by atoms with Gasteiger partial charge in [-0.25, -0.2) is 8.42 Å². The Bertz CT molecular complexity index is 778. The van der Waals surface area contributed by atoms with Gasteiger partial charge in [-0.15, -0.1) is 0 Å². The van der Waals surface area contributed by atoms with Crippen molar-refractivity contribution in [3.63, 3.8) is 0 Å². The van der Waals surface area contributed by atoms with Crippen LogP contribution in [0.5, 0.6) is 0 Å². The van der Waals surface area contributed by atoms with Gasteiger partial charge in [-0.3, -0.25) is 9.52 Å². The van der Waals surface area contributed by atoms with Crippen molar-refractivity contribution in [1.29, 1.82) is 0 Å². The predicted molar refractivity (Wildman–Crippen MR) is 84.3 cm³/mol. The van der Waals surface area contributed by atoms with E-state index in [2.05, 4.69) is 4.72 Å². The third-order valence-electron chi connectivity index (χ3n) is 3.09. The number of ketones is 1. The molecule has 0 aromatic heterocycles. The molecular formula is C16H17NO3S. The second-order valence-corrected chi connectivity index (χ2v) is 6.85. The molecule has 0 saturated heterocycles. The number of sulfonamides is 1. The fraction of sp³-hybridized carbons (Fsp3) is 0.188. The molecule has 5 heteroatoms. The molecule has 2 rings (SSSR count). The summed E-state index contributed by atoms with van der Waals surface area (Å²) in [5.41, 5.74) is 3.58. The summed E-state index contributed by atoms with van der Waals surface area (Å²) in [6.45, 7) is 3.83. The van der Waals surface area contributed by atoms with Gasteiger partial charge in [0.1, 0.15) is 0 Å². The number of rotatable bonds is 4. The summed E-state index contributed by atoms with van der Waals surface area (Å²) in [7, 11) is -3.31. The van der Waals surface area contributed by atoms with E-state index in [1.807, 2.05) is 32.0 Å². The van der Waals surface area contributed by atoms with E-state index in [0.29, 0.717) is 16.8 Å². The molecule has 110 valence electrons. The van der Waals surface area contributed by atoms with E-state index < -0.39 is 10.0 Å². The molecule has 0 heterocycles. The number of carbonyl (C=O) groups excluding carboxylic acids is 1. The lowest BCUT2D eigenvalue weighted by molar-refractivity contribution is 0.103. The molecule has 0 radical (unpaired) electrons. The van der Waals surface area contributed by atoms with Crippen LogP contribution < -0.4 is 4.72 Å². The van der Waals surface area contributed by atoms with Crippen molar-refractivity contribution in [2.45, 2.75) is 13.8 Å². The smallest absolute Gasteiger partial charge is 0.229 e. The predicted octanol–water partition coefficient (Wildman–Crippen LogP) is 2.91. The minimum absolute atomic E-state index is 0.0675. The minimum Gasteiger partial charge on any atom is -0.289 e. The van der Waals surface area contributed by atoms with Crippen LogP contribution in [0.25, 0.3) is 0 Å². The molecular weight excluding hydrogens is 286 g/mol. The van der Waals surface area contributed by atoms with Crippen LogP contribution >= 0.6 is 0 Å². The Morgan fingerprint density at radius 2 is 1.62 bits per heavy atom. The average Bonchev–Trinajstić information content (AvgIpc) is 2.40. The fourth-order valence-corrected chi connectivity index (χ4v) is 2.60. The maximum atomic E-state index is 12.5. The summed E-state index contributed by atoms with van der Waals surface area (Å²) in [5, 5.41) is 0. The molecule has 2 aromatic carbocycles. The maximum Gasteiger partial charge on any atom is 0.229 e. The van der Waals surface area contributed by atoms with Gasteiger partial charge in [0.15, 0.2) is 5.78 Å². The van der Waals surface area contributed by atoms with Gasteiger partial charge in [0.25, 0.3) is 0 Å². The molecule has 2 aromatic rings. The highest BCUT2D eigenvalue weighted by atomic mass is 32.2. The molecule has 0 aliphatic heterocycles. The average molecular weight is 303 g/mol. The lowest BCUT2D eigenvalue weighted by Gasteiger charge is -2.08. The number of hydrogen-bond donors (Lipinski definition) is 1. The highest BCUT2D eigenvalue weighted by Crippen LogP contribution is 2.18. The second-order valence-electron chi connectivity index (χ2n) is 5.10. The summed E-state index contributed by atoms with van der Waals surface area (Å²) in [6, 6.07) is 12.2. The fourth-order valence-electron chi connectivity index (χ4n) is 2.04. The van der Waals surface area contributed by atoms with Crippen molar-refractivity contribution in [3.05, 3.63) is 64.7 Å². The summed E-state index contributed by atoms with van der Waals surface area (Å²) in [5.74, 6) is -0.0675. The second kappa shape index (κ2) is 5.69. The summed E-state index contributed by atoms with van der Waals surface area (Å²) < 4.78 is 24.7.